The molecule has 3 heterocycles. The molecule has 0 bridgehead atoms. The maximum absolute atomic E-state index is 12.9. The van der Waals surface area contributed by atoms with Gasteiger partial charge in [0.15, 0.2) is 5.69 Å². The van der Waals surface area contributed by atoms with Gasteiger partial charge in [-0.15, -0.1) is 0 Å². The van der Waals surface area contributed by atoms with E-state index < -0.39 is 11.7 Å². The molecule has 6 nitrogen and oxygen atoms in total. The van der Waals surface area contributed by atoms with Crippen LogP contribution in [0.2, 0.25) is 0 Å². The van der Waals surface area contributed by atoms with E-state index in [9.17, 15) is 13.2 Å². The maximum Gasteiger partial charge on any atom is 0.416 e. The predicted octanol–water partition coefficient (Wildman–Crippen LogP) is 3.54. The molecule has 1 saturated heterocycles. The number of piperidine rings is 1. The molecule has 0 amide bonds. The van der Waals surface area contributed by atoms with Crippen LogP contribution in [0.4, 0.5) is 13.2 Å². The van der Waals surface area contributed by atoms with Crippen molar-refractivity contribution in [3.05, 3.63) is 42.1 Å². The Kier molecular flexibility index (Phi) is 4.23. The van der Waals surface area contributed by atoms with E-state index in [4.69, 9.17) is 4.52 Å². The summed E-state index contributed by atoms with van der Waals surface area (Å²) < 4.78 is 45.6. The quantitative estimate of drug-likeness (QED) is 0.771. The Bertz CT molecular complexity index is 896. The molecule has 3 aromatic rings. The van der Waals surface area contributed by atoms with Crippen molar-refractivity contribution in [2.45, 2.75) is 25.1 Å². The number of nitrogens with one attached hydrogen (secondary N) is 1. The van der Waals surface area contributed by atoms with Crippen LogP contribution < -0.4 is 5.32 Å². The van der Waals surface area contributed by atoms with Gasteiger partial charge in [-0.05, 0) is 37.6 Å². The minimum atomic E-state index is -4.42. The van der Waals surface area contributed by atoms with Crippen LogP contribution in [0.25, 0.3) is 23.0 Å². The number of hydrogen-bond donors (Lipinski definition) is 1. The molecule has 0 radical (unpaired) electrons. The van der Waals surface area contributed by atoms with Crippen molar-refractivity contribution in [1.82, 2.24) is 25.2 Å². The van der Waals surface area contributed by atoms with Crippen molar-refractivity contribution in [3.8, 4) is 23.0 Å². The van der Waals surface area contributed by atoms with Gasteiger partial charge in [0.2, 0.25) is 5.82 Å². The summed E-state index contributed by atoms with van der Waals surface area (Å²) in [5.41, 5.74) is -0.0116. The van der Waals surface area contributed by atoms with E-state index in [1.807, 2.05) is 10.9 Å². The first kappa shape index (κ1) is 16.8. The molecule has 0 spiro atoms. The summed E-state index contributed by atoms with van der Waals surface area (Å²) in [7, 11) is 0. The van der Waals surface area contributed by atoms with Gasteiger partial charge in [0.05, 0.1) is 11.6 Å². The third-order valence-corrected chi connectivity index (χ3v) is 4.35. The molecular weight excluding hydrogens is 347 g/mol. The van der Waals surface area contributed by atoms with E-state index in [0.717, 1.165) is 38.1 Å². The Hall–Kier alpha value is -2.68. The van der Waals surface area contributed by atoms with Gasteiger partial charge in [-0.2, -0.15) is 23.3 Å². The SMILES string of the molecule is FC(F)(F)c1cccc(-c2noc(-c3ccn(C4CCCNC4)n3)n2)c1. The lowest BCUT2D eigenvalue weighted by atomic mass is 10.1. The molecule has 1 unspecified atom stereocenters. The van der Waals surface area contributed by atoms with Gasteiger partial charge in [-0.25, -0.2) is 0 Å². The summed E-state index contributed by atoms with van der Waals surface area (Å²) >= 11 is 0. The topological polar surface area (TPSA) is 68.8 Å². The highest BCUT2D eigenvalue weighted by Crippen LogP contribution is 2.32. The lowest BCUT2D eigenvalue weighted by molar-refractivity contribution is -0.137. The van der Waals surface area contributed by atoms with Crippen LogP contribution >= 0.6 is 0 Å². The van der Waals surface area contributed by atoms with Crippen molar-refractivity contribution >= 4 is 0 Å². The predicted molar refractivity (Wildman–Crippen MR) is 87.1 cm³/mol. The Morgan fingerprint density at radius 2 is 2.12 bits per heavy atom. The minimum Gasteiger partial charge on any atom is -0.332 e. The second-order valence-electron chi connectivity index (χ2n) is 6.18. The molecule has 1 N–H and O–H groups in total. The number of hydrogen-bond acceptors (Lipinski definition) is 5. The van der Waals surface area contributed by atoms with Crippen molar-refractivity contribution in [2.75, 3.05) is 13.1 Å². The summed E-state index contributed by atoms with van der Waals surface area (Å²) in [5.74, 6) is 0.278. The third kappa shape index (κ3) is 3.34. The highest BCUT2D eigenvalue weighted by atomic mass is 19.4. The van der Waals surface area contributed by atoms with E-state index >= 15 is 0 Å². The first-order valence-corrected chi connectivity index (χ1v) is 8.28. The molecule has 1 fully saturated rings. The highest BCUT2D eigenvalue weighted by Gasteiger charge is 2.31. The number of halogens is 3. The zero-order chi connectivity index (χ0) is 18.1. The maximum atomic E-state index is 12.9. The average molecular weight is 363 g/mol. The molecular formula is C17H16F3N5O. The van der Waals surface area contributed by atoms with Crippen molar-refractivity contribution in [1.29, 1.82) is 0 Å². The van der Waals surface area contributed by atoms with E-state index in [1.54, 1.807) is 6.07 Å². The van der Waals surface area contributed by atoms with E-state index in [1.165, 1.54) is 12.1 Å². The third-order valence-electron chi connectivity index (χ3n) is 4.35. The molecule has 2 aromatic heterocycles. The zero-order valence-electron chi connectivity index (χ0n) is 13.7. The van der Waals surface area contributed by atoms with Crippen LogP contribution in [-0.4, -0.2) is 33.0 Å². The number of benzene rings is 1. The fourth-order valence-corrected chi connectivity index (χ4v) is 2.99. The van der Waals surface area contributed by atoms with Crippen LogP contribution in [0.15, 0.2) is 41.1 Å². The smallest absolute Gasteiger partial charge is 0.332 e. The lowest BCUT2D eigenvalue weighted by Crippen LogP contribution is -2.31. The largest absolute Gasteiger partial charge is 0.416 e. The number of alkyl halides is 3. The molecule has 136 valence electrons. The van der Waals surface area contributed by atoms with Gasteiger partial charge in [0, 0.05) is 18.3 Å². The molecule has 4 rings (SSSR count). The second kappa shape index (κ2) is 6.56. The Balaban J connectivity index is 1.58. The summed E-state index contributed by atoms with van der Waals surface area (Å²) in [6.45, 7) is 1.86. The van der Waals surface area contributed by atoms with Gasteiger partial charge in [0.1, 0.15) is 0 Å². The molecule has 9 heteroatoms. The van der Waals surface area contributed by atoms with Gasteiger partial charge in [-0.1, -0.05) is 17.3 Å². The normalized spacial score (nSPS) is 18.2. The van der Waals surface area contributed by atoms with Gasteiger partial charge < -0.3 is 9.84 Å². The van der Waals surface area contributed by atoms with E-state index in [-0.39, 0.29) is 23.3 Å². The number of nitrogens with zero attached hydrogens (tertiary/aromatic N) is 4. The fourth-order valence-electron chi connectivity index (χ4n) is 2.99. The molecule has 1 aromatic carbocycles. The van der Waals surface area contributed by atoms with Crippen LogP contribution in [0.1, 0.15) is 24.4 Å². The number of rotatable bonds is 3. The fraction of sp³-hybridized carbons (Fsp3) is 0.353. The van der Waals surface area contributed by atoms with Crippen molar-refractivity contribution < 1.29 is 17.7 Å². The van der Waals surface area contributed by atoms with Crippen molar-refractivity contribution in [3.63, 3.8) is 0 Å². The second-order valence-corrected chi connectivity index (χ2v) is 6.18. The molecule has 0 saturated carbocycles. The Labute approximate surface area is 147 Å². The molecule has 1 atom stereocenters. The van der Waals surface area contributed by atoms with Crippen LogP contribution in [0.3, 0.4) is 0 Å². The Morgan fingerprint density at radius 3 is 2.88 bits per heavy atom. The average Bonchev–Trinajstić information content (AvgIpc) is 3.31. The monoisotopic (exact) mass is 363 g/mol. The van der Waals surface area contributed by atoms with Crippen LogP contribution in [0.5, 0.6) is 0 Å². The summed E-state index contributed by atoms with van der Waals surface area (Å²) in [5, 5.41) is 11.6. The van der Waals surface area contributed by atoms with Gasteiger partial charge >= 0.3 is 6.18 Å². The van der Waals surface area contributed by atoms with Crippen molar-refractivity contribution in [2.24, 2.45) is 0 Å². The first-order valence-electron chi connectivity index (χ1n) is 8.28. The van der Waals surface area contributed by atoms with Gasteiger partial charge in [-0.3, -0.25) is 4.68 Å². The standard InChI is InChI=1S/C17H16F3N5O/c18-17(19,20)12-4-1-3-11(9-12)15-22-16(26-24-15)14-6-8-25(23-14)13-5-2-7-21-10-13/h1,3-4,6,8-9,13,21H,2,5,7,10H2. The van der Waals surface area contributed by atoms with Crippen LogP contribution in [-0.2, 0) is 6.18 Å². The first-order chi connectivity index (χ1) is 12.5. The zero-order valence-corrected chi connectivity index (χ0v) is 13.7. The molecule has 0 aliphatic carbocycles. The van der Waals surface area contributed by atoms with Crippen LogP contribution in [0, 0.1) is 0 Å². The highest BCUT2D eigenvalue weighted by molar-refractivity contribution is 5.58. The lowest BCUT2D eigenvalue weighted by Gasteiger charge is -2.22. The molecule has 1 aliphatic heterocycles. The molecule has 26 heavy (non-hydrogen) atoms. The molecule has 1 aliphatic rings. The summed E-state index contributed by atoms with van der Waals surface area (Å²) in [6, 6.07) is 6.86. The summed E-state index contributed by atoms with van der Waals surface area (Å²) in [6.07, 6.45) is -0.454. The van der Waals surface area contributed by atoms with Gasteiger partial charge in [0.25, 0.3) is 5.89 Å². The number of aromatic nitrogens is 4. The summed E-state index contributed by atoms with van der Waals surface area (Å²) in [4.78, 5) is 4.20. The Morgan fingerprint density at radius 1 is 1.23 bits per heavy atom. The van der Waals surface area contributed by atoms with E-state index in [2.05, 4.69) is 20.6 Å². The van der Waals surface area contributed by atoms with E-state index in [0.29, 0.717) is 5.69 Å². The minimum absolute atomic E-state index is 0.0972.